The van der Waals surface area contributed by atoms with Crippen molar-refractivity contribution in [2.24, 2.45) is 0 Å². The van der Waals surface area contributed by atoms with Gasteiger partial charge in [-0.2, -0.15) is 0 Å². The summed E-state index contributed by atoms with van der Waals surface area (Å²) in [7, 11) is 3.23. The largest absolute Gasteiger partial charge is 0.497 e. The number of rotatable bonds is 8. The first-order valence-corrected chi connectivity index (χ1v) is 13.5. The lowest BCUT2D eigenvalue weighted by Gasteiger charge is -2.01. The second-order valence-corrected chi connectivity index (χ2v) is 10.4. The topological polar surface area (TPSA) is 102 Å². The lowest BCUT2D eigenvalue weighted by Crippen LogP contribution is -2.11. The van der Waals surface area contributed by atoms with E-state index in [1.807, 2.05) is 59.3 Å². The molecule has 2 N–H and O–H groups in total. The van der Waals surface area contributed by atoms with E-state index in [1.54, 1.807) is 26.4 Å². The van der Waals surface area contributed by atoms with Crippen LogP contribution in [0.4, 0.5) is 10.3 Å². The standard InChI is InChI=1S/C26H20N4O4S3/c1-33-17-7-3-15(4-8-17)19-13-35-25(27-19)29-23(31)21-11-12-22(37-21)24(32)30-26-28-20(14-36-26)16-5-9-18(34-2)10-6-16/h3-14H,1-2H3,(H,27,29,31)(H,28,30,32). The smallest absolute Gasteiger partial charge is 0.267 e. The molecule has 0 saturated heterocycles. The van der Waals surface area contributed by atoms with Crippen LogP contribution in [-0.4, -0.2) is 36.0 Å². The van der Waals surface area contributed by atoms with Crippen LogP contribution in [0.3, 0.4) is 0 Å². The Hall–Kier alpha value is -4.06. The van der Waals surface area contributed by atoms with E-state index in [2.05, 4.69) is 20.6 Å². The highest BCUT2D eigenvalue weighted by atomic mass is 32.1. The molecule has 5 rings (SSSR count). The van der Waals surface area contributed by atoms with Gasteiger partial charge in [-0.05, 0) is 60.7 Å². The number of thiophene rings is 1. The summed E-state index contributed by atoms with van der Waals surface area (Å²) >= 11 is 3.77. The zero-order valence-corrected chi connectivity index (χ0v) is 22.1. The van der Waals surface area contributed by atoms with Crippen molar-refractivity contribution in [3.8, 4) is 34.0 Å². The van der Waals surface area contributed by atoms with Crippen LogP contribution in [0.25, 0.3) is 22.5 Å². The second kappa shape index (κ2) is 10.9. The van der Waals surface area contributed by atoms with E-state index in [0.29, 0.717) is 20.0 Å². The summed E-state index contributed by atoms with van der Waals surface area (Å²) in [6, 6.07) is 18.3. The minimum atomic E-state index is -0.323. The van der Waals surface area contributed by atoms with Crippen LogP contribution in [0.2, 0.25) is 0 Å². The Labute approximate surface area is 224 Å². The maximum Gasteiger partial charge on any atom is 0.267 e. The minimum Gasteiger partial charge on any atom is -0.497 e. The Balaban J connectivity index is 1.20. The molecule has 0 fully saturated rings. The molecular weight excluding hydrogens is 529 g/mol. The fourth-order valence-electron chi connectivity index (χ4n) is 3.35. The molecule has 0 saturated carbocycles. The Morgan fingerprint density at radius 1 is 0.649 bits per heavy atom. The molecule has 3 aromatic heterocycles. The number of hydrogen-bond donors (Lipinski definition) is 2. The molecule has 0 bridgehead atoms. The van der Waals surface area contributed by atoms with Crippen molar-refractivity contribution in [3.05, 3.63) is 81.2 Å². The van der Waals surface area contributed by atoms with Gasteiger partial charge in [0.05, 0.1) is 35.4 Å². The maximum absolute atomic E-state index is 12.7. The number of amides is 2. The predicted octanol–water partition coefficient (Wildman–Crippen LogP) is 6.52. The zero-order chi connectivity index (χ0) is 25.8. The Morgan fingerprint density at radius 3 is 1.43 bits per heavy atom. The highest BCUT2D eigenvalue weighted by Gasteiger charge is 2.17. The normalized spacial score (nSPS) is 10.6. The monoisotopic (exact) mass is 548 g/mol. The maximum atomic E-state index is 12.7. The van der Waals surface area contributed by atoms with Crippen LogP contribution in [0.15, 0.2) is 71.4 Å². The summed E-state index contributed by atoms with van der Waals surface area (Å²) < 4.78 is 10.4. The van der Waals surface area contributed by atoms with Crippen LogP contribution in [0, 0.1) is 0 Å². The molecule has 0 aliphatic carbocycles. The number of aromatic nitrogens is 2. The first-order valence-electron chi connectivity index (χ1n) is 10.9. The van der Waals surface area contributed by atoms with Gasteiger partial charge in [-0.25, -0.2) is 9.97 Å². The van der Waals surface area contributed by atoms with E-state index in [-0.39, 0.29) is 11.8 Å². The molecule has 5 aromatic rings. The predicted molar refractivity (Wildman–Crippen MR) is 148 cm³/mol. The number of thiazole rings is 2. The van der Waals surface area contributed by atoms with Gasteiger partial charge in [-0.15, -0.1) is 34.0 Å². The van der Waals surface area contributed by atoms with E-state index in [1.165, 1.54) is 22.7 Å². The van der Waals surface area contributed by atoms with Crippen molar-refractivity contribution >= 4 is 56.1 Å². The summed E-state index contributed by atoms with van der Waals surface area (Å²) in [4.78, 5) is 35.3. The second-order valence-electron chi connectivity index (χ2n) is 7.60. The fraction of sp³-hybridized carbons (Fsp3) is 0.0769. The van der Waals surface area contributed by atoms with Crippen molar-refractivity contribution in [2.75, 3.05) is 24.9 Å². The molecule has 2 amide bonds. The average Bonchev–Trinajstić information content (AvgIpc) is 3.70. The van der Waals surface area contributed by atoms with Gasteiger partial charge < -0.3 is 9.47 Å². The van der Waals surface area contributed by atoms with Crippen LogP contribution >= 0.6 is 34.0 Å². The van der Waals surface area contributed by atoms with E-state index >= 15 is 0 Å². The van der Waals surface area contributed by atoms with Crippen molar-refractivity contribution in [1.29, 1.82) is 0 Å². The van der Waals surface area contributed by atoms with Gasteiger partial charge in [0.2, 0.25) is 0 Å². The number of nitrogens with zero attached hydrogens (tertiary/aromatic N) is 2. The number of benzene rings is 2. The molecule has 0 unspecified atom stereocenters. The minimum absolute atomic E-state index is 0.323. The third-order valence-electron chi connectivity index (χ3n) is 5.27. The first-order chi connectivity index (χ1) is 18.0. The Kier molecular flexibility index (Phi) is 7.26. The highest BCUT2D eigenvalue weighted by Crippen LogP contribution is 2.29. The highest BCUT2D eigenvalue weighted by molar-refractivity contribution is 7.17. The molecule has 0 atom stereocenters. The molecule has 8 nitrogen and oxygen atoms in total. The van der Waals surface area contributed by atoms with E-state index in [4.69, 9.17) is 9.47 Å². The van der Waals surface area contributed by atoms with Gasteiger partial charge in [0.1, 0.15) is 11.5 Å². The van der Waals surface area contributed by atoms with Crippen LogP contribution in [-0.2, 0) is 0 Å². The third kappa shape index (κ3) is 5.69. The summed E-state index contributed by atoms with van der Waals surface area (Å²) in [5, 5.41) is 10.3. The van der Waals surface area contributed by atoms with Gasteiger partial charge in [0, 0.05) is 21.9 Å². The Morgan fingerprint density at radius 2 is 1.05 bits per heavy atom. The number of carbonyl (C=O) groups excluding carboxylic acids is 2. The van der Waals surface area contributed by atoms with E-state index < -0.39 is 0 Å². The van der Waals surface area contributed by atoms with Gasteiger partial charge in [-0.1, -0.05) is 0 Å². The molecule has 37 heavy (non-hydrogen) atoms. The molecular formula is C26H20N4O4S3. The SMILES string of the molecule is COc1ccc(-c2csc(NC(=O)c3ccc(C(=O)Nc4nc(-c5ccc(OC)cc5)cs4)s3)n2)cc1. The van der Waals surface area contributed by atoms with E-state index in [9.17, 15) is 9.59 Å². The van der Waals surface area contributed by atoms with Gasteiger partial charge in [0.25, 0.3) is 11.8 Å². The summed E-state index contributed by atoms with van der Waals surface area (Å²) in [5.74, 6) is 0.876. The van der Waals surface area contributed by atoms with Crippen molar-refractivity contribution < 1.29 is 19.1 Å². The quantitative estimate of drug-likeness (QED) is 0.229. The zero-order valence-electron chi connectivity index (χ0n) is 19.7. The van der Waals surface area contributed by atoms with Gasteiger partial charge in [0.15, 0.2) is 10.3 Å². The number of hydrogen-bond acceptors (Lipinski definition) is 9. The van der Waals surface area contributed by atoms with Crippen LogP contribution in [0.5, 0.6) is 11.5 Å². The summed E-state index contributed by atoms with van der Waals surface area (Å²) in [5.41, 5.74) is 3.35. The molecule has 3 heterocycles. The van der Waals surface area contributed by atoms with Crippen LogP contribution < -0.4 is 20.1 Å². The molecule has 0 aliphatic heterocycles. The molecule has 11 heteroatoms. The summed E-state index contributed by atoms with van der Waals surface area (Å²) in [6.07, 6.45) is 0. The number of ether oxygens (including phenoxy) is 2. The lowest BCUT2D eigenvalue weighted by molar-refractivity contribution is 0.102. The van der Waals surface area contributed by atoms with Crippen molar-refractivity contribution in [2.45, 2.75) is 0 Å². The Bertz CT molecular complexity index is 1420. The van der Waals surface area contributed by atoms with Gasteiger partial charge in [-0.3, -0.25) is 20.2 Å². The first kappa shape index (κ1) is 24.6. The van der Waals surface area contributed by atoms with E-state index in [0.717, 1.165) is 45.4 Å². The molecule has 186 valence electrons. The lowest BCUT2D eigenvalue weighted by atomic mass is 10.2. The molecule has 0 aliphatic rings. The molecule has 2 aromatic carbocycles. The number of methoxy groups -OCH3 is 2. The third-order valence-corrected chi connectivity index (χ3v) is 7.87. The number of carbonyl (C=O) groups is 2. The number of anilines is 2. The fourth-order valence-corrected chi connectivity index (χ4v) is 5.58. The number of nitrogens with one attached hydrogen (secondary N) is 2. The average molecular weight is 549 g/mol. The summed E-state index contributed by atoms with van der Waals surface area (Å²) in [6.45, 7) is 0. The van der Waals surface area contributed by atoms with Gasteiger partial charge >= 0.3 is 0 Å². The molecule has 0 spiro atoms. The van der Waals surface area contributed by atoms with Crippen LogP contribution in [0.1, 0.15) is 19.3 Å². The van der Waals surface area contributed by atoms with Crippen molar-refractivity contribution in [1.82, 2.24) is 9.97 Å². The molecule has 0 radical (unpaired) electrons. The van der Waals surface area contributed by atoms with Crippen molar-refractivity contribution in [3.63, 3.8) is 0 Å².